The number of benzene rings is 1. The van der Waals surface area contributed by atoms with Gasteiger partial charge in [-0.05, 0) is 25.1 Å². The first-order valence-electron chi connectivity index (χ1n) is 10.5. The number of aryl methyl sites for hydroxylation is 1. The zero-order chi connectivity index (χ0) is 22.4. The van der Waals surface area contributed by atoms with Gasteiger partial charge in [-0.15, -0.1) is 0 Å². The lowest BCUT2D eigenvalue weighted by Gasteiger charge is -2.18. The van der Waals surface area contributed by atoms with E-state index in [2.05, 4.69) is 21.9 Å². The number of aromatic nitrogens is 4. The van der Waals surface area contributed by atoms with Gasteiger partial charge < -0.3 is 10.1 Å². The van der Waals surface area contributed by atoms with E-state index in [1.165, 1.54) is 11.9 Å². The van der Waals surface area contributed by atoms with Gasteiger partial charge in [-0.1, -0.05) is 35.9 Å². The normalized spacial score (nSPS) is 17.6. The van der Waals surface area contributed by atoms with Crippen LogP contribution in [0.1, 0.15) is 39.9 Å². The van der Waals surface area contributed by atoms with E-state index in [4.69, 9.17) is 33.0 Å². The second kappa shape index (κ2) is 8.35. The van der Waals surface area contributed by atoms with Crippen LogP contribution in [0.3, 0.4) is 0 Å². The maximum Gasteiger partial charge on any atom is 0.145 e. The average molecular weight is 468 g/mol. The van der Waals surface area contributed by atoms with Crippen molar-refractivity contribution in [2.75, 3.05) is 6.54 Å². The summed E-state index contributed by atoms with van der Waals surface area (Å²) in [6.07, 6.45) is 6.43. The fraction of sp³-hybridized carbons (Fsp3) is 0.292. The zero-order valence-corrected chi connectivity index (χ0v) is 19.5. The summed E-state index contributed by atoms with van der Waals surface area (Å²) in [5, 5.41) is 9.35. The van der Waals surface area contributed by atoms with E-state index in [0.717, 1.165) is 71.1 Å². The van der Waals surface area contributed by atoms with Crippen molar-refractivity contribution in [1.29, 1.82) is 0 Å². The molecule has 2 aliphatic rings. The van der Waals surface area contributed by atoms with E-state index in [1.54, 1.807) is 12.2 Å². The van der Waals surface area contributed by atoms with E-state index in [0.29, 0.717) is 10.1 Å². The predicted molar refractivity (Wildman–Crippen MR) is 127 cm³/mol. The summed E-state index contributed by atoms with van der Waals surface area (Å²) in [6, 6.07) is 3.88. The molecule has 3 aromatic rings. The number of fused-ring (bicyclic) bond motifs is 2. The molecule has 2 aromatic heterocycles. The largest absolute Gasteiger partial charge is 0.483 e. The van der Waals surface area contributed by atoms with E-state index in [9.17, 15) is 0 Å². The van der Waals surface area contributed by atoms with Crippen LogP contribution in [0, 0.1) is 6.92 Å². The first kappa shape index (κ1) is 21.2. The highest BCUT2D eigenvalue weighted by molar-refractivity contribution is 6.33. The zero-order valence-electron chi connectivity index (χ0n) is 18.0. The lowest BCUT2D eigenvalue weighted by atomic mass is 9.98. The van der Waals surface area contributed by atoms with Crippen molar-refractivity contribution in [3.05, 3.63) is 74.9 Å². The smallest absolute Gasteiger partial charge is 0.145 e. The minimum absolute atomic E-state index is 0.125. The van der Waals surface area contributed by atoms with Crippen LogP contribution >= 0.6 is 23.2 Å². The molecule has 0 saturated heterocycles. The molecule has 0 aliphatic carbocycles. The number of hydrogen-bond acceptors (Lipinski definition) is 5. The molecule has 1 N–H and O–H groups in total. The van der Waals surface area contributed by atoms with Gasteiger partial charge in [0.15, 0.2) is 0 Å². The second-order valence-corrected chi connectivity index (χ2v) is 8.95. The third kappa shape index (κ3) is 3.62. The van der Waals surface area contributed by atoms with Gasteiger partial charge in [0, 0.05) is 65.3 Å². The van der Waals surface area contributed by atoms with Crippen LogP contribution in [0.2, 0.25) is 5.02 Å². The SMILES string of the molecule is C=C/C(Cl)=C\c1ncnc(-c2cc(Cl)cc3c2O[C@@H](c2c4c(nn2C)CCNC4)C3)c1C. The fourth-order valence-electron chi connectivity index (χ4n) is 4.58. The van der Waals surface area contributed by atoms with E-state index < -0.39 is 0 Å². The van der Waals surface area contributed by atoms with Gasteiger partial charge in [-0.25, -0.2) is 9.97 Å². The Kier molecular flexibility index (Phi) is 5.53. The number of ether oxygens (including phenoxy) is 1. The van der Waals surface area contributed by atoms with E-state index in [1.807, 2.05) is 30.8 Å². The Bertz CT molecular complexity index is 1260. The van der Waals surface area contributed by atoms with Gasteiger partial charge in [0.25, 0.3) is 0 Å². The van der Waals surface area contributed by atoms with Gasteiger partial charge in [0.2, 0.25) is 0 Å². The van der Waals surface area contributed by atoms with Gasteiger partial charge in [-0.3, -0.25) is 4.68 Å². The molecule has 0 spiro atoms. The molecule has 0 unspecified atom stereocenters. The minimum atomic E-state index is -0.125. The average Bonchev–Trinajstić information content (AvgIpc) is 3.34. The molecule has 5 rings (SSSR count). The Morgan fingerprint density at radius 1 is 1.34 bits per heavy atom. The maximum atomic E-state index is 6.57. The minimum Gasteiger partial charge on any atom is -0.483 e. The summed E-state index contributed by atoms with van der Waals surface area (Å²) in [6.45, 7) is 7.44. The number of allylic oxidation sites excluding steroid dienone is 2. The molecule has 4 heterocycles. The number of nitrogens with zero attached hydrogens (tertiary/aromatic N) is 4. The van der Waals surface area contributed by atoms with Crippen LogP contribution < -0.4 is 10.1 Å². The number of hydrogen-bond donors (Lipinski definition) is 1. The van der Waals surface area contributed by atoms with E-state index in [-0.39, 0.29) is 6.10 Å². The van der Waals surface area contributed by atoms with Crippen molar-refractivity contribution >= 4 is 29.3 Å². The van der Waals surface area contributed by atoms with Gasteiger partial charge >= 0.3 is 0 Å². The molecule has 1 atom stereocenters. The predicted octanol–water partition coefficient (Wildman–Crippen LogP) is 4.93. The van der Waals surface area contributed by atoms with Crippen molar-refractivity contribution in [2.24, 2.45) is 7.05 Å². The third-order valence-corrected chi connectivity index (χ3v) is 6.55. The van der Waals surface area contributed by atoms with Crippen LogP contribution in [0.5, 0.6) is 5.75 Å². The van der Waals surface area contributed by atoms with Crippen molar-refractivity contribution in [1.82, 2.24) is 25.1 Å². The lowest BCUT2D eigenvalue weighted by Crippen LogP contribution is -2.24. The highest BCUT2D eigenvalue weighted by Gasteiger charge is 2.34. The molecule has 0 bridgehead atoms. The fourth-order valence-corrected chi connectivity index (χ4v) is 4.92. The van der Waals surface area contributed by atoms with Gasteiger partial charge in [0.05, 0.1) is 22.8 Å². The van der Waals surface area contributed by atoms with Crippen LogP contribution in [-0.4, -0.2) is 26.3 Å². The highest BCUT2D eigenvalue weighted by Crippen LogP contribution is 2.46. The molecular weight excluding hydrogens is 445 g/mol. The van der Waals surface area contributed by atoms with E-state index >= 15 is 0 Å². The molecule has 32 heavy (non-hydrogen) atoms. The molecule has 164 valence electrons. The molecule has 2 aliphatic heterocycles. The van der Waals surface area contributed by atoms with Gasteiger partial charge in [0.1, 0.15) is 18.2 Å². The molecular formula is C24H23Cl2N5O. The van der Waals surface area contributed by atoms with Crippen LogP contribution in [0.25, 0.3) is 17.3 Å². The topological polar surface area (TPSA) is 64.9 Å². The summed E-state index contributed by atoms with van der Waals surface area (Å²) >= 11 is 12.7. The Balaban J connectivity index is 1.58. The Morgan fingerprint density at radius 3 is 3.00 bits per heavy atom. The summed E-state index contributed by atoms with van der Waals surface area (Å²) < 4.78 is 8.53. The summed E-state index contributed by atoms with van der Waals surface area (Å²) in [7, 11) is 1.99. The van der Waals surface area contributed by atoms with Crippen molar-refractivity contribution < 1.29 is 4.74 Å². The highest BCUT2D eigenvalue weighted by atomic mass is 35.5. The first-order valence-corrected chi connectivity index (χ1v) is 11.3. The standard InChI is InChI=1S/C24H23Cl2N5O/c1-4-15(25)10-20-13(2)22(29-12-28-20)17-9-16(26)7-14-8-21(32-24(14)17)23-18-11-27-6-5-19(18)30-31(23)3/h4,7,9-10,12,21,27H,1,5-6,8,11H2,2-3H3/b15-10+/t21-/m1/s1. The van der Waals surface area contributed by atoms with Crippen molar-refractivity contribution in [2.45, 2.75) is 32.4 Å². The monoisotopic (exact) mass is 467 g/mol. The van der Waals surface area contributed by atoms with Crippen LogP contribution in [0.15, 0.2) is 36.1 Å². The van der Waals surface area contributed by atoms with Gasteiger partial charge in [-0.2, -0.15) is 5.10 Å². The molecule has 0 radical (unpaired) electrons. The second-order valence-electron chi connectivity index (χ2n) is 8.08. The molecule has 8 heteroatoms. The van der Waals surface area contributed by atoms with Crippen molar-refractivity contribution in [3.63, 3.8) is 0 Å². The Morgan fingerprint density at radius 2 is 2.19 bits per heavy atom. The van der Waals surface area contributed by atoms with Crippen LogP contribution in [0.4, 0.5) is 0 Å². The summed E-state index contributed by atoms with van der Waals surface area (Å²) in [5.74, 6) is 0.810. The maximum absolute atomic E-state index is 6.57. The molecule has 1 aromatic carbocycles. The molecule has 0 saturated carbocycles. The molecule has 6 nitrogen and oxygen atoms in total. The molecule has 0 amide bonds. The van der Waals surface area contributed by atoms with Crippen LogP contribution in [-0.2, 0) is 26.4 Å². The Labute approximate surface area is 196 Å². The quantitative estimate of drug-likeness (QED) is 0.551. The first-order chi connectivity index (χ1) is 15.5. The number of nitrogens with one attached hydrogen (secondary N) is 1. The van der Waals surface area contributed by atoms with Crippen molar-refractivity contribution in [3.8, 4) is 17.0 Å². The third-order valence-electron chi connectivity index (χ3n) is 6.07. The molecule has 0 fully saturated rings. The summed E-state index contributed by atoms with van der Waals surface area (Å²) in [5.41, 5.74) is 7.83. The Hall–Kier alpha value is -2.67. The summed E-state index contributed by atoms with van der Waals surface area (Å²) in [4.78, 5) is 8.93. The number of rotatable bonds is 4. The lowest BCUT2D eigenvalue weighted by molar-refractivity contribution is 0.226. The number of halogens is 2.